The molecule has 7 nitrogen and oxygen atoms in total. The van der Waals surface area contributed by atoms with Crippen LogP contribution >= 0.6 is 0 Å². The number of hydrogen-bond acceptors (Lipinski definition) is 5. The first kappa shape index (κ1) is 17.9. The van der Waals surface area contributed by atoms with E-state index in [2.05, 4.69) is 20.6 Å². The molecule has 22 heavy (non-hydrogen) atoms. The largest absolute Gasteiger partial charge is 0.480 e. The van der Waals surface area contributed by atoms with Crippen LogP contribution in [-0.2, 0) is 9.59 Å². The van der Waals surface area contributed by atoms with E-state index in [1.165, 1.54) is 6.92 Å². The average molecular weight is 308 g/mol. The van der Waals surface area contributed by atoms with Gasteiger partial charge in [-0.15, -0.1) is 0 Å². The maximum Gasteiger partial charge on any atom is 0.329 e. The maximum atomic E-state index is 11.8. The third-order valence-electron chi connectivity index (χ3n) is 3.44. The summed E-state index contributed by atoms with van der Waals surface area (Å²) in [6.07, 6.45) is 1.16. The minimum Gasteiger partial charge on any atom is -0.480 e. The molecule has 1 heterocycles. The first-order valence-electron chi connectivity index (χ1n) is 7.37. The Labute approximate surface area is 130 Å². The van der Waals surface area contributed by atoms with Crippen molar-refractivity contribution in [3.63, 3.8) is 0 Å². The summed E-state index contributed by atoms with van der Waals surface area (Å²) in [4.78, 5) is 31.4. The van der Waals surface area contributed by atoms with Gasteiger partial charge in [0, 0.05) is 24.4 Å². The number of aromatic nitrogens is 2. The van der Waals surface area contributed by atoms with E-state index in [1.807, 2.05) is 19.9 Å². The standard InChI is InChI=1S/C15H24N4O3/c1-5-15(4,13(21)22)19-12(20)7-6-8-16-14-17-10(2)9-11(3)18-14/h9H,5-8H2,1-4H3,(H,19,20)(H,21,22)(H,16,17,18). The maximum absolute atomic E-state index is 11.8. The van der Waals surface area contributed by atoms with Crippen LogP contribution in [0.5, 0.6) is 0 Å². The molecule has 0 aliphatic rings. The molecule has 7 heteroatoms. The summed E-state index contributed by atoms with van der Waals surface area (Å²) in [7, 11) is 0. The van der Waals surface area contributed by atoms with E-state index in [-0.39, 0.29) is 12.3 Å². The van der Waals surface area contributed by atoms with Gasteiger partial charge >= 0.3 is 5.97 Å². The molecule has 1 amide bonds. The number of hydrogen-bond donors (Lipinski definition) is 3. The van der Waals surface area contributed by atoms with E-state index in [4.69, 9.17) is 5.11 Å². The van der Waals surface area contributed by atoms with Gasteiger partial charge in [-0.05, 0) is 39.7 Å². The number of rotatable bonds is 8. The van der Waals surface area contributed by atoms with Gasteiger partial charge in [0.1, 0.15) is 5.54 Å². The van der Waals surface area contributed by atoms with Gasteiger partial charge in [-0.2, -0.15) is 0 Å². The van der Waals surface area contributed by atoms with Gasteiger partial charge in [-0.1, -0.05) is 6.92 Å². The van der Waals surface area contributed by atoms with Crippen LogP contribution in [0.15, 0.2) is 6.07 Å². The lowest BCUT2D eigenvalue weighted by molar-refractivity contribution is -0.147. The van der Waals surface area contributed by atoms with E-state index in [1.54, 1.807) is 6.92 Å². The molecule has 0 radical (unpaired) electrons. The van der Waals surface area contributed by atoms with Gasteiger partial charge in [-0.3, -0.25) is 4.79 Å². The van der Waals surface area contributed by atoms with Gasteiger partial charge in [0.2, 0.25) is 11.9 Å². The monoisotopic (exact) mass is 308 g/mol. The highest BCUT2D eigenvalue weighted by Gasteiger charge is 2.32. The van der Waals surface area contributed by atoms with Crippen LogP contribution in [-0.4, -0.2) is 39.0 Å². The fourth-order valence-corrected chi connectivity index (χ4v) is 1.92. The molecule has 3 N–H and O–H groups in total. The fourth-order valence-electron chi connectivity index (χ4n) is 1.92. The number of carbonyl (C=O) groups excluding carboxylic acids is 1. The lowest BCUT2D eigenvalue weighted by Gasteiger charge is -2.24. The fraction of sp³-hybridized carbons (Fsp3) is 0.600. The topological polar surface area (TPSA) is 104 Å². The first-order valence-corrected chi connectivity index (χ1v) is 7.37. The summed E-state index contributed by atoms with van der Waals surface area (Å²) in [5.41, 5.74) is 0.558. The number of carbonyl (C=O) groups is 2. The molecule has 1 unspecified atom stereocenters. The lowest BCUT2D eigenvalue weighted by Crippen LogP contribution is -2.51. The molecule has 0 aliphatic carbocycles. The van der Waals surface area contributed by atoms with Crippen LogP contribution in [0, 0.1) is 13.8 Å². The highest BCUT2D eigenvalue weighted by Crippen LogP contribution is 2.10. The van der Waals surface area contributed by atoms with Crippen molar-refractivity contribution in [2.75, 3.05) is 11.9 Å². The number of aliphatic carboxylic acids is 1. The van der Waals surface area contributed by atoms with E-state index in [9.17, 15) is 9.59 Å². The van der Waals surface area contributed by atoms with Crippen molar-refractivity contribution in [1.82, 2.24) is 15.3 Å². The lowest BCUT2D eigenvalue weighted by atomic mass is 9.99. The number of nitrogens with one attached hydrogen (secondary N) is 2. The zero-order chi connectivity index (χ0) is 16.8. The molecule has 1 aromatic heterocycles. The Bertz CT molecular complexity index is 527. The molecule has 0 saturated carbocycles. The Morgan fingerprint density at radius 2 is 1.86 bits per heavy atom. The summed E-state index contributed by atoms with van der Waals surface area (Å²) in [6, 6.07) is 1.89. The van der Waals surface area contributed by atoms with Gasteiger partial charge in [0.15, 0.2) is 0 Å². The minimum atomic E-state index is -1.21. The number of amides is 1. The van der Waals surface area contributed by atoms with E-state index in [0.717, 1.165) is 11.4 Å². The van der Waals surface area contributed by atoms with Crippen molar-refractivity contribution in [2.45, 2.75) is 52.5 Å². The molecule has 1 aromatic rings. The van der Waals surface area contributed by atoms with Crippen molar-refractivity contribution >= 4 is 17.8 Å². The molecule has 1 rings (SSSR count). The summed E-state index contributed by atoms with van der Waals surface area (Å²) < 4.78 is 0. The smallest absolute Gasteiger partial charge is 0.329 e. The van der Waals surface area contributed by atoms with Crippen molar-refractivity contribution in [3.05, 3.63) is 17.5 Å². The van der Waals surface area contributed by atoms with Crippen molar-refractivity contribution < 1.29 is 14.7 Å². The van der Waals surface area contributed by atoms with Crippen molar-refractivity contribution in [3.8, 4) is 0 Å². The summed E-state index contributed by atoms with van der Waals surface area (Å²) >= 11 is 0. The van der Waals surface area contributed by atoms with E-state index in [0.29, 0.717) is 25.3 Å². The zero-order valence-electron chi connectivity index (χ0n) is 13.6. The van der Waals surface area contributed by atoms with Crippen LogP contribution in [0.1, 0.15) is 44.5 Å². The Hall–Kier alpha value is -2.18. The summed E-state index contributed by atoms with van der Waals surface area (Å²) in [6.45, 7) is 7.57. The van der Waals surface area contributed by atoms with Crippen molar-refractivity contribution in [1.29, 1.82) is 0 Å². The molecule has 122 valence electrons. The number of carboxylic acid groups (broad SMARTS) is 1. The highest BCUT2D eigenvalue weighted by molar-refractivity contribution is 5.86. The molecule has 0 spiro atoms. The number of anilines is 1. The second kappa shape index (κ2) is 7.72. The molecular weight excluding hydrogens is 284 g/mol. The van der Waals surface area contributed by atoms with Crippen molar-refractivity contribution in [2.24, 2.45) is 0 Å². The predicted molar refractivity (Wildman–Crippen MR) is 83.7 cm³/mol. The zero-order valence-corrected chi connectivity index (χ0v) is 13.6. The molecule has 1 atom stereocenters. The average Bonchev–Trinajstić information content (AvgIpc) is 2.42. The minimum absolute atomic E-state index is 0.251. The quantitative estimate of drug-likeness (QED) is 0.631. The predicted octanol–water partition coefficient (Wildman–Crippen LogP) is 1.66. The summed E-state index contributed by atoms with van der Waals surface area (Å²) in [5, 5.41) is 14.7. The van der Waals surface area contributed by atoms with Crippen LogP contribution in [0.2, 0.25) is 0 Å². The summed E-state index contributed by atoms with van der Waals surface area (Å²) in [5.74, 6) is -0.748. The SMILES string of the molecule is CCC(C)(NC(=O)CCCNc1nc(C)cc(C)n1)C(=O)O. The Morgan fingerprint density at radius 3 is 2.36 bits per heavy atom. The first-order chi connectivity index (χ1) is 10.3. The Kier molecular flexibility index (Phi) is 6.27. The number of carboxylic acids is 1. The molecule has 0 bridgehead atoms. The third kappa shape index (κ3) is 5.31. The number of aryl methyl sites for hydroxylation is 2. The van der Waals surface area contributed by atoms with Crippen LogP contribution in [0.25, 0.3) is 0 Å². The Balaban J connectivity index is 2.38. The van der Waals surface area contributed by atoms with Gasteiger partial charge in [-0.25, -0.2) is 14.8 Å². The third-order valence-corrected chi connectivity index (χ3v) is 3.44. The van der Waals surface area contributed by atoms with Crippen LogP contribution < -0.4 is 10.6 Å². The normalized spacial score (nSPS) is 13.3. The molecule has 0 aliphatic heterocycles. The van der Waals surface area contributed by atoms with Gasteiger partial charge in [0.05, 0.1) is 0 Å². The highest BCUT2D eigenvalue weighted by atomic mass is 16.4. The molecule has 0 aromatic carbocycles. The molecule has 0 fully saturated rings. The van der Waals surface area contributed by atoms with E-state index < -0.39 is 11.5 Å². The van der Waals surface area contributed by atoms with Gasteiger partial charge in [0.25, 0.3) is 0 Å². The van der Waals surface area contributed by atoms with Crippen LogP contribution in [0.3, 0.4) is 0 Å². The van der Waals surface area contributed by atoms with Gasteiger partial charge < -0.3 is 15.7 Å². The molecular formula is C15H24N4O3. The van der Waals surface area contributed by atoms with Crippen LogP contribution in [0.4, 0.5) is 5.95 Å². The Morgan fingerprint density at radius 1 is 1.27 bits per heavy atom. The van der Waals surface area contributed by atoms with E-state index >= 15 is 0 Å². The number of nitrogens with zero attached hydrogens (tertiary/aromatic N) is 2. The second-order valence-electron chi connectivity index (χ2n) is 5.54. The second-order valence-corrected chi connectivity index (χ2v) is 5.54. The molecule has 0 saturated heterocycles.